The SMILES string of the molecule is CC(CO)CNC(=O)c1ccc2c(c1)[nH]c(=O)n2CC(F)(F)F. The maximum absolute atomic E-state index is 12.5. The molecular weight excluding hydrogens is 315 g/mol. The van der Waals surface area contributed by atoms with E-state index in [0.29, 0.717) is 4.57 Å². The van der Waals surface area contributed by atoms with Crippen molar-refractivity contribution in [2.75, 3.05) is 13.2 Å². The van der Waals surface area contributed by atoms with Gasteiger partial charge in [0.25, 0.3) is 5.91 Å². The van der Waals surface area contributed by atoms with Crippen LogP contribution in [0.25, 0.3) is 11.0 Å². The molecule has 0 radical (unpaired) electrons. The molecule has 0 saturated carbocycles. The second-order valence-corrected chi connectivity index (χ2v) is 5.36. The van der Waals surface area contributed by atoms with Crippen LogP contribution in [0.5, 0.6) is 0 Å². The molecule has 0 fully saturated rings. The highest BCUT2D eigenvalue weighted by molar-refractivity contribution is 5.97. The van der Waals surface area contributed by atoms with Crippen molar-refractivity contribution < 1.29 is 23.1 Å². The molecule has 126 valence electrons. The Bertz CT molecular complexity index is 764. The molecule has 23 heavy (non-hydrogen) atoms. The van der Waals surface area contributed by atoms with Crippen molar-refractivity contribution in [1.29, 1.82) is 0 Å². The summed E-state index contributed by atoms with van der Waals surface area (Å²) in [5.74, 6) is -0.549. The van der Waals surface area contributed by atoms with E-state index >= 15 is 0 Å². The summed E-state index contributed by atoms with van der Waals surface area (Å²) < 4.78 is 38.0. The molecule has 1 unspecified atom stereocenters. The molecular formula is C14H16F3N3O3. The first-order valence-electron chi connectivity index (χ1n) is 6.89. The number of hydrogen-bond acceptors (Lipinski definition) is 3. The number of amides is 1. The number of aromatic amines is 1. The van der Waals surface area contributed by atoms with Gasteiger partial charge in [0.05, 0.1) is 11.0 Å². The Kier molecular flexibility index (Phi) is 4.79. The van der Waals surface area contributed by atoms with Gasteiger partial charge in [-0.2, -0.15) is 13.2 Å². The van der Waals surface area contributed by atoms with Crippen LogP contribution in [0.1, 0.15) is 17.3 Å². The fraction of sp³-hybridized carbons (Fsp3) is 0.429. The van der Waals surface area contributed by atoms with Crippen molar-refractivity contribution in [1.82, 2.24) is 14.9 Å². The van der Waals surface area contributed by atoms with Gasteiger partial charge >= 0.3 is 11.9 Å². The van der Waals surface area contributed by atoms with Gasteiger partial charge in [-0.15, -0.1) is 0 Å². The van der Waals surface area contributed by atoms with E-state index in [2.05, 4.69) is 10.3 Å². The molecule has 1 atom stereocenters. The molecule has 1 amide bonds. The highest BCUT2D eigenvalue weighted by Crippen LogP contribution is 2.20. The van der Waals surface area contributed by atoms with Crippen LogP contribution in [0.2, 0.25) is 0 Å². The first kappa shape index (κ1) is 17.1. The number of benzene rings is 1. The summed E-state index contributed by atoms with van der Waals surface area (Å²) >= 11 is 0. The number of nitrogens with zero attached hydrogens (tertiary/aromatic N) is 1. The van der Waals surface area contributed by atoms with Crippen molar-refractivity contribution in [3.63, 3.8) is 0 Å². The van der Waals surface area contributed by atoms with Gasteiger partial charge in [-0.25, -0.2) is 4.79 Å². The number of rotatable bonds is 5. The lowest BCUT2D eigenvalue weighted by molar-refractivity contribution is -0.140. The minimum atomic E-state index is -4.52. The molecule has 0 aliphatic rings. The average molecular weight is 331 g/mol. The van der Waals surface area contributed by atoms with Gasteiger partial charge in [0.1, 0.15) is 6.54 Å². The lowest BCUT2D eigenvalue weighted by atomic mass is 10.1. The number of nitrogens with one attached hydrogen (secondary N) is 2. The van der Waals surface area contributed by atoms with Crippen molar-refractivity contribution in [3.8, 4) is 0 Å². The predicted octanol–water partition coefficient (Wildman–Crippen LogP) is 1.25. The number of aliphatic hydroxyl groups excluding tert-OH is 1. The Morgan fingerprint density at radius 3 is 2.74 bits per heavy atom. The Labute approximate surface area is 128 Å². The minimum absolute atomic E-state index is 0.0765. The Hall–Kier alpha value is -2.29. The average Bonchev–Trinajstić information content (AvgIpc) is 2.78. The zero-order valence-electron chi connectivity index (χ0n) is 12.3. The van der Waals surface area contributed by atoms with Gasteiger partial charge in [-0.3, -0.25) is 9.36 Å². The van der Waals surface area contributed by atoms with E-state index in [1.54, 1.807) is 6.92 Å². The highest BCUT2D eigenvalue weighted by Gasteiger charge is 2.29. The molecule has 0 spiro atoms. The minimum Gasteiger partial charge on any atom is -0.396 e. The molecule has 0 aliphatic carbocycles. The lowest BCUT2D eigenvalue weighted by Crippen LogP contribution is -2.29. The second kappa shape index (κ2) is 6.45. The van der Waals surface area contributed by atoms with Crippen LogP contribution < -0.4 is 11.0 Å². The first-order valence-corrected chi connectivity index (χ1v) is 6.89. The number of imidazole rings is 1. The van der Waals surface area contributed by atoms with Crippen LogP contribution in [0.15, 0.2) is 23.0 Å². The maximum Gasteiger partial charge on any atom is 0.406 e. The summed E-state index contributed by atoms with van der Waals surface area (Å²) in [4.78, 5) is 25.9. The van der Waals surface area contributed by atoms with Crippen LogP contribution in [0.3, 0.4) is 0 Å². The van der Waals surface area contributed by atoms with E-state index in [9.17, 15) is 22.8 Å². The molecule has 1 aromatic carbocycles. The molecule has 1 heterocycles. The van der Waals surface area contributed by atoms with Gasteiger partial charge in [0.15, 0.2) is 0 Å². The van der Waals surface area contributed by atoms with E-state index in [1.165, 1.54) is 18.2 Å². The Morgan fingerprint density at radius 1 is 1.43 bits per heavy atom. The molecule has 0 aliphatic heterocycles. The third-order valence-electron chi connectivity index (χ3n) is 3.30. The topological polar surface area (TPSA) is 87.1 Å². The number of carbonyl (C=O) groups excluding carboxylic acids is 1. The highest BCUT2D eigenvalue weighted by atomic mass is 19.4. The fourth-order valence-corrected chi connectivity index (χ4v) is 2.07. The van der Waals surface area contributed by atoms with E-state index in [-0.39, 0.29) is 35.7 Å². The smallest absolute Gasteiger partial charge is 0.396 e. The van der Waals surface area contributed by atoms with Crippen LogP contribution in [0, 0.1) is 5.92 Å². The third-order valence-corrected chi connectivity index (χ3v) is 3.30. The summed E-state index contributed by atoms with van der Waals surface area (Å²) in [6.07, 6.45) is -4.52. The molecule has 1 aromatic heterocycles. The van der Waals surface area contributed by atoms with Gasteiger partial charge in [-0.05, 0) is 24.1 Å². The summed E-state index contributed by atoms with van der Waals surface area (Å²) in [5, 5.41) is 11.5. The Morgan fingerprint density at radius 2 is 2.13 bits per heavy atom. The number of halogens is 3. The maximum atomic E-state index is 12.5. The Balaban J connectivity index is 2.27. The number of carbonyl (C=O) groups is 1. The van der Waals surface area contributed by atoms with Crippen molar-refractivity contribution in [2.45, 2.75) is 19.6 Å². The van der Waals surface area contributed by atoms with Crippen LogP contribution >= 0.6 is 0 Å². The monoisotopic (exact) mass is 331 g/mol. The van der Waals surface area contributed by atoms with Gasteiger partial charge in [0, 0.05) is 18.7 Å². The van der Waals surface area contributed by atoms with E-state index in [0.717, 1.165) is 0 Å². The van der Waals surface area contributed by atoms with Crippen LogP contribution in [-0.4, -0.2) is 39.9 Å². The zero-order valence-corrected chi connectivity index (χ0v) is 12.3. The zero-order chi connectivity index (χ0) is 17.2. The van der Waals surface area contributed by atoms with Crippen molar-refractivity contribution in [2.24, 2.45) is 5.92 Å². The normalized spacial score (nSPS) is 13.3. The van der Waals surface area contributed by atoms with Crippen molar-refractivity contribution in [3.05, 3.63) is 34.2 Å². The molecule has 2 aromatic rings. The molecule has 0 bridgehead atoms. The summed E-state index contributed by atoms with van der Waals surface area (Å²) in [5.41, 5.74) is -0.443. The number of aromatic nitrogens is 2. The van der Waals surface area contributed by atoms with Gasteiger partial charge in [-0.1, -0.05) is 6.92 Å². The molecule has 0 saturated heterocycles. The summed E-state index contributed by atoms with van der Waals surface area (Å²) in [7, 11) is 0. The summed E-state index contributed by atoms with van der Waals surface area (Å²) in [6.45, 7) is 0.537. The third kappa shape index (κ3) is 4.13. The summed E-state index contributed by atoms with van der Waals surface area (Å²) in [6, 6.07) is 3.97. The first-order chi connectivity index (χ1) is 10.7. The molecule has 2 rings (SSSR count). The molecule has 3 N–H and O–H groups in total. The number of aliphatic hydroxyl groups is 1. The fourth-order valence-electron chi connectivity index (χ4n) is 2.07. The number of alkyl halides is 3. The standard InChI is InChI=1S/C14H16F3N3O3/c1-8(6-21)5-18-12(22)9-2-3-11-10(4-9)19-13(23)20(11)7-14(15,16)17/h2-4,8,21H,5-7H2,1H3,(H,18,22)(H,19,23). The predicted molar refractivity (Wildman–Crippen MR) is 77.2 cm³/mol. The number of H-pyrrole nitrogens is 1. The largest absolute Gasteiger partial charge is 0.406 e. The second-order valence-electron chi connectivity index (χ2n) is 5.36. The van der Waals surface area contributed by atoms with E-state index in [1.807, 2.05) is 0 Å². The van der Waals surface area contributed by atoms with E-state index in [4.69, 9.17) is 5.11 Å². The molecule has 6 nitrogen and oxygen atoms in total. The number of hydrogen-bond donors (Lipinski definition) is 3. The van der Waals surface area contributed by atoms with E-state index < -0.39 is 24.3 Å². The van der Waals surface area contributed by atoms with Crippen LogP contribution in [-0.2, 0) is 6.54 Å². The quantitative estimate of drug-likeness (QED) is 0.771. The molecule has 9 heteroatoms. The van der Waals surface area contributed by atoms with Gasteiger partial charge in [0.2, 0.25) is 0 Å². The van der Waals surface area contributed by atoms with Crippen LogP contribution in [0.4, 0.5) is 13.2 Å². The lowest BCUT2D eigenvalue weighted by Gasteiger charge is -2.10. The van der Waals surface area contributed by atoms with Crippen molar-refractivity contribution >= 4 is 16.9 Å². The van der Waals surface area contributed by atoms with Gasteiger partial charge < -0.3 is 15.4 Å². The number of fused-ring (bicyclic) bond motifs is 1.